The van der Waals surface area contributed by atoms with E-state index in [1.54, 1.807) is 19.1 Å². The van der Waals surface area contributed by atoms with Gasteiger partial charge in [0.2, 0.25) is 11.9 Å². The molecule has 190 valence electrons. The predicted molar refractivity (Wildman–Crippen MR) is 129 cm³/mol. The summed E-state index contributed by atoms with van der Waals surface area (Å²) in [5.74, 6) is 1.46. The standard InChI is InChI=1S/C25H27F4N7/c1-15-3-6-19(11-20(15)26)36-23(33-35-10-2-8-31-24(35)36)32-22-16-4-5-17(22)14-34(13-16)18-7-9-30-21(12-18)25(27,28)29/h3,6-7,9,11-12,16-17,22H,2,4-5,8,10,13-14H2,1H3,(H,32,33). The summed E-state index contributed by atoms with van der Waals surface area (Å²) in [6, 6.07) is 7.92. The number of hydrogen-bond donors (Lipinski definition) is 1. The summed E-state index contributed by atoms with van der Waals surface area (Å²) in [5, 5.41) is 1.95. The Balaban J connectivity index is 1.28. The number of hydrogen-bond acceptors (Lipinski definition) is 5. The summed E-state index contributed by atoms with van der Waals surface area (Å²) in [6.45, 7) is 4.46. The molecule has 7 nitrogen and oxygen atoms in total. The lowest BCUT2D eigenvalue weighted by atomic mass is 9.92. The van der Waals surface area contributed by atoms with Crippen LogP contribution in [0.5, 0.6) is 0 Å². The first-order chi connectivity index (χ1) is 17.3. The maximum absolute atomic E-state index is 14.5. The number of nitrogens with one attached hydrogen (secondary N) is 1. The van der Waals surface area contributed by atoms with Crippen LogP contribution in [0.15, 0.2) is 46.5 Å². The topological polar surface area (TPSA) is 59.4 Å². The molecule has 3 fully saturated rings. The lowest BCUT2D eigenvalue weighted by Gasteiger charge is -2.38. The van der Waals surface area contributed by atoms with Gasteiger partial charge in [0, 0.05) is 38.1 Å². The Hall–Kier alpha value is -3.37. The highest BCUT2D eigenvalue weighted by Crippen LogP contribution is 2.41. The fourth-order valence-electron chi connectivity index (χ4n) is 5.73. The van der Waals surface area contributed by atoms with Gasteiger partial charge in [0.05, 0.1) is 11.7 Å². The van der Waals surface area contributed by atoms with E-state index in [9.17, 15) is 17.6 Å². The summed E-state index contributed by atoms with van der Waals surface area (Å²) in [5.41, 5.74) is 4.27. The van der Waals surface area contributed by atoms with E-state index in [1.807, 2.05) is 20.9 Å². The molecule has 2 aromatic rings. The highest BCUT2D eigenvalue weighted by atomic mass is 19.4. The Bertz CT molecular complexity index is 1210. The molecule has 4 heterocycles. The van der Waals surface area contributed by atoms with E-state index in [4.69, 9.17) is 4.99 Å². The Kier molecular flexibility index (Phi) is 5.53. The zero-order valence-electron chi connectivity index (χ0n) is 19.8. The second-order valence-electron chi connectivity index (χ2n) is 9.91. The molecule has 1 aromatic heterocycles. The molecule has 0 radical (unpaired) electrons. The van der Waals surface area contributed by atoms with E-state index in [2.05, 4.69) is 15.4 Å². The predicted octanol–water partition coefficient (Wildman–Crippen LogP) is 4.21. The molecule has 1 saturated carbocycles. The van der Waals surface area contributed by atoms with Crippen molar-refractivity contribution in [2.75, 3.05) is 36.0 Å². The molecule has 2 saturated heterocycles. The number of hydrazine groups is 1. The molecule has 36 heavy (non-hydrogen) atoms. The minimum Gasteiger partial charge on any atom is -0.371 e. The van der Waals surface area contributed by atoms with Crippen LogP contribution in [-0.2, 0) is 6.18 Å². The average molecular weight is 502 g/mol. The number of fused-ring (bicyclic) bond motifs is 3. The summed E-state index contributed by atoms with van der Waals surface area (Å²) in [7, 11) is 0. The molecule has 6 rings (SSSR count). The number of aromatic nitrogens is 1. The second kappa shape index (κ2) is 8.63. The van der Waals surface area contributed by atoms with Crippen molar-refractivity contribution >= 4 is 23.3 Å². The van der Waals surface area contributed by atoms with Gasteiger partial charge in [0.15, 0.2) is 0 Å². The number of nitrogens with zero attached hydrogens (tertiary/aromatic N) is 6. The van der Waals surface area contributed by atoms with Crippen molar-refractivity contribution in [2.45, 2.75) is 38.4 Å². The molecule has 1 aromatic carbocycles. The Morgan fingerprint density at radius 2 is 1.83 bits per heavy atom. The van der Waals surface area contributed by atoms with Crippen LogP contribution in [0, 0.1) is 24.6 Å². The van der Waals surface area contributed by atoms with Crippen LogP contribution >= 0.6 is 0 Å². The number of aryl methyl sites for hydroxylation is 1. The molecule has 3 aliphatic heterocycles. The van der Waals surface area contributed by atoms with Gasteiger partial charge in [-0.15, -0.1) is 0 Å². The molecule has 1 aliphatic carbocycles. The first-order valence-corrected chi connectivity index (χ1v) is 12.3. The molecule has 2 atom stereocenters. The van der Waals surface area contributed by atoms with Crippen LogP contribution < -0.4 is 15.2 Å². The number of aliphatic imine (C=N–C) groups is 2. The van der Waals surface area contributed by atoms with Crippen molar-refractivity contribution in [1.29, 1.82) is 0 Å². The molecule has 11 heteroatoms. The third kappa shape index (κ3) is 4.04. The number of benzene rings is 1. The van der Waals surface area contributed by atoms with Crippen molar-refractivity contribution < 1.29 is 17.6 Å². The SMILES string of the molecule is Cc1ccc(N2C(=NC3C4CCC3CN(c3ccnc(C(F)(F)F)c3)C4)NN3CCCN=C32)cc1F. The van der Waals surface area contributed by atoms with E-state index in [-0.39, 0.29) is 23.7 Å². The quantitative estimate of drug-likeness (QED) is 0.639. The second-order valence-corrected chi connectivity index (χ2v) is 9.91. The van der Waals surface area contributed by atoms with Crippen LogP contribution in [0.4, 0.5) is 28.9 Å². The van der Waals surface area contributed by atoms with Gasteiger partial charge < -0.3 is 4.90 Å². The number of guanidine groups is 2. The average Bonchev–Trinajstić information content (AvgIpc) is 3.32. The number of piperidine rings is 1. The highest BCUT2D eigenvalue weighted by molar-refractivity contribution is 6.21. The summed E-state index contributed by atoms with van der Waals surface area (Å²) in [4.78, 5) is 17.2. The van der Waals surface area contributed by atoms with Gasteiger partial charge in [-0.05, 0) is 67.9 Å². The van der Waals surface area contributed by atoms with Gasteiger partial charge >= 0.3 is 6.18 Å². The Morgan fingerprint density at radius 3 is 2.56 bits per heavy atom. The highest BCUT2D eigenvalue weighted by Gasteiger charge is 2.44. The monoisotopic (exact) mass is 501 g/mol. The number of rotatable bonds is 3. The van der Waals surface area contributed by atoms with Gasteiger partial charge in [0.25, 0.3) is 0 Å². The van der Waals surface area contributed by atoms with Gasteiger partial charge in [-0.25, -0.2) is 14.3 Å². The van der Waals surface area contributed by atoms with Crippen molar-refractivity contribution in [3.63, 3.8) is 0 Å². The normalized spacial score (nSPS) is 26.8. The van der Waals surface area contributed by atoms with Crippen molar-refractivity contribution in [1.82, 2.24) is 15.4 Å². The molecular formula is C25H27F4N7. The number of pyridine rings is 1. The van der Waals surface area contributed by atoms with E-state index >= 15 is 0 Å². The third-order valence-corrected chi connectivity index (χ3v) is 7.55. The zero-order chi connectivity index (χ0) is 25.0. The Morgan fingerprint density at radius 1 is 1.06 bits per heavy atom. The molecule has 4 aliphatic rings. The smallest absolute Gasteiger partial charge is 0.371 e. The lowest BCUT2D eigenvalue weighted by Crippen LogP contribution is -2.46. The Labute approximate surface area is 206 Å². The fourth-order valence-corrected chi connectivity index (χ4v) is 5.73. The number of halogens is 4. The van der Waals surface area contributed by atoms with Crippen molar-refractivity contribution in [3.8, 4) is 0 Å². The fraction of sp³-hybridized carbons (Fsp3) is 0.480. The van der Waals surface area contributed by atoms with Gasteiger partial charge in [-0.1, -0.05) is 6.07 Å². The summed E-state index contributed by atoms with van der Waals surface area (Å²) in [6.07, 6.45) is -0.409. The summed E-state index contributed by atoms with van der Waals surface area (Å²) >= 11 is 0. The maximum atomic E-state index is 14.5. The van der Waals surface area contributed by atoms with E-state index in [0.29, 0.717) is 48.5 Å². The van der Waals surface area contributed by atoms with E-state index < -0.39 is 11.9 Å². The van der Waals surface area contributed by atoms with E-state index in [1.165, 1.54) is 12.3 Å². The van der Waals surface area contributed by atoms with Gasteiger partial charge in [-0.3, -0.25) is 20.4 Å². The molecule has 2 bridgehead atoms. The first kappa shape index (κ1) is 23.1. The number of anilines is 2. The molecule has 2 unspecified atom stereocenters. The van der Waals surface area contributed by atoms with Crippen LogP contribution in [-0.4, -0.2) is 54.1 Å². The van der Waals surface area contributed by atoms with Crippen LogP contribution in [0.3, 0.4) is 0 Å². The van der Waals surface area contributed by atoms with Crippen LogP contribution in [0.25, 0.3) is 0 Å². The molecule has 1 N–H and O–H groups in total. The van der Waals surface area contributed by atoms with E-state index in [0.717, 1.165) is 31.9 Å². The van der Waals surface area contributed by atoms with Gasteiger partial charge in [-0.2, -0.15) is 13.2 Å². The summed E-state index contributed by atoms with van der Waals surface area (Å²) < 4.78 is 54.0. The third-order valence-electron chi connectivity index (χ3n) is 7.55. The van der Waals surface area contributed by atoms with Crippen LogP contribution in [0.1, 0.15) is 30.5 Å². The zero-order valence-corrected chi connectivity index (χ0v) is 19.8. The van der Waals surface area contributed by atoms with Gasteiger partial charge in [0.1, 0.15) is 11.5 Å². The van der Waals surface area contributed by atoms with Crippen molar-refractivity contribution in [3.05, 3.63) is 53.6 Å². The van der Waals surface area contributed by atoms with Crippen molar-refractivity contribution in [2.24, 2.45) is 21.8 Å². The largest absolute Gasteiger partial charge is 0.433 e. The molecule has 0 spiro atoms. The first-order valence-electron chi connectivity index (χ1n) is 12.3. The number of alkyl halides is 3. The maximum Gasteiger partial charge on any atom is 0.433 e. The minimum absolute atomic E-state index is 0.0208. The molecular weight excluding hydrogens is 474 g/mol. The van der Waals surface area contributed by atoms with Crippen LogP contribution in [0.2, 0.25) is 0 Å². The minimum atomic E-state index is -4.47. The lowest BCUT2D eigenvalue weighted by molar-refractivity contribution is -0.141. The molecule has 0 amide bonds.